The van der Waals surface area contributed by atoms with Crippen molar-refractivity contribution < 1.29 is 0 Å². The lowest BCUT2D eigenvalue weighted by Crippen LogP contribution is -2.25. The van der Waals surface area contributed by atoms with Gasteiger partial charge in [0.2, 0.25) is 0 Å². The summed E-state index contributed by atoms with van der Waals surface area (Å²) >= 11 is 0. The fourth-order valence-corrected chi connectivity index (χ4v) is 3.98. The summed E-state index contributed by atoms with van der Waals surface area (Å²) in [4.78, 5) is 0. The summed E-state index contributed by atoms with van der Waals surface area (Å²) in [5.74, 6) is 0. The molecule has 148 valence electrons. The highest BCUT2D eigenvalue weighted by Gasteiger charge is 2.10. The Hall–Kier alpha value is -2.84. The van der Waals surface area contributed by atoms with Crippen LogP contribution in [0, 0.1) is 6.92 Å². The summed E-state index contributed by atoms with van der Waals surface area (Å²) in [6, 6.07) is 28.6. The molecule has 1 heterocycles. The molecule has 0 aliphatic carbocycles. The molecular formula is C27H30N2. The first-order valence-corrected chi connectivity index (χ1v) is 10.6. The zero-order valence-corrected chi connectivity index (χ0v) is 17.4. The van der Waals surface area contributed by atoms with E-state index in [4.69, 9.17) is 0 Å². The van der Waals surface area contributed by atoms with Crippen LogP contribution >= 0.6 is 0 Å². The highest BCUT2D eigenvalue weighted by atomic mass is 15.0. The molecule has 29 heavy (non-hydrogen) atoms. The summed E-state index contributed by atoms with van der Waals surface area (Å²) in [7, 11) is 0. The van der Waals surface area contributed by atoms with Gasteiger partial charge in [0.1, 0.15) is 0 Å². The molecule has 0 fully saturated rings. The van der Waals surface area contributed by atoms with Gasteiger partial charge in [0.25, 0.3) is 0 Å². The molecule has 1 atom stereocenters. The van der Waals surface area contributed by atoms with Crippen molar-refractivity contribution in [3.8, 4) is 0 Å². The third-order valence-electron chi connectivity index (χ3n) is 5.82. The van der Waals surface area contributed by atoms with Gasteiger partial charge >= 0.3 is 0 Å². The number of hydrogen-bond acceptors (Lipinski definition) is 1. The molecule has 3 aromatic carbocycles. The van der Waals surface area contributed by atoms with Gasteiger partial charge in [0, 0.05) is 36.2 Å². The van der Waals surface area contributed by atoms with Crippen LogP contribution in [0.15, 0.2) is 85.1 Å². The molecule has 2 nitrogen and oxygen atoms in total. The van der Waals surface area contributed by atoms with Crippen LogP contribution in [0.5, 0.6) is 0 Å². The first-order chi connectivity index (χ1) is 14.2. The topological polar surface area (TPSA) is 17.0 Å². The summed E-state index contributed by atoms with van der Waals surface area (Å²) in [5, 5.41) is 5.09. The average Bonchev–Trinajstić information content (AvgIpc) is 3.11. The lowest BCUT2D eigenvalue weighted by molar-refractivity contribution is 0.514. The van der Waals surface area contributed by atoms with E-state index in [-0.39, 0.29) is 0 Å². The lowest BCUT2D eigenvalue weighted by atomic mass is 10.1. The maximum absolute atomic E-state index is 3.74. The molecule has 0 bridgehead atoms. The smallest absolute Gasteiger partial charge is 0.0486 e. The van der Waals surface area contributed by atoms with Crippen LogP contribution in [0.25, 0.3) is 10.9 Å². The Labute approximate surface area is 174 Å². The minimum absolute atomic E-state index is 0.480. The minimum Gasteiger partial charge on any atom is -0.343 e. The number of nitrogens with one attached hydrogen (secondary N) is 1. The summed E-state index contributed by atoms with van der Waals surface area (Å²) < 4.78 is 2.39. The van der Waals surface area contributed by atoms with E-state index in [0.29, 0.717) is 6.04 Å². The van der Waals surface area contributed by atoms with E-state index in [9.17, 15) is 0 Å². The fraction of sp³-hybridized carbons (Fsp3) is 0.259. The molecule has 0 radical (unpaired) electrons. The summed E-state index contributed by atoms with van der Waals surface area (Å²) in [6.45, 7) is 6.29. The van der Waals surface area contributed by atoms with Crippen LogP contribution in [-0.4, -0.2) is 10.6 Å². The van der Waals surface area contributed by atoms with Gasteiger partial charge in [-0.15, -0.1) is 0 Å². The van der Waals surface area contributed by atoms with E-state index in [1.807, 2.05) is 0 Å². The third kappa shape index (κ3) is 4.78. The number of hydrogen-bond donors (Lipinski definition) is 1. The van der Waals surface area contributed by atoms with Crippen LogP contribution in [0.3, 0.4) is 0 Å². The number of para-hydroxylation sites is 1. The average molecular weight is 383 g/mol. The molecular weight excluding hydrogens is 352 g/mol. The van der Waals surface area contributed by atoms with Crippen molar-refractivity contribution in [2.45, 2.75) is 45.8 Å². The Kier molecular flexibility index (Phi) is 6.12. The Balaban J connectivity index is 1.45. The number of fused-ring (bicyclic) bond motifs is 1. The van der Waals surface area contributed by atoms with Gasteiger partial charge in [-0.3, -0.25) is 0 Å². The van der Waals surface area contributed by atoms with Gasteiger partial charge in [-0.25, -0.2) is 0 Å². The maximum atomic E-state index is 3.74. The van der Waals surface area contributed by atoms with Crippen molar-refractivity contribution in [1.82, 2.24) is 9.88 Å². The minimum atomic E-state index is 0.480. The second-order valence-corrected chi connectivity index (χ2v) is 8.03. The van der Waals surface area contributed by atoms with E-state index in [1.54, 1.807) is 0 Å². The molecule has 0 amide bonds. The SMILES string of the molecule is Cc1ccccc1Cn1cc(CN[C@H](C)CCc2ccccc2)c2ccccc21. The molecule has 0 spiro atoms. The van der Waals surface area contributed by atoms with Crippen molar-refractivity contribution in [3.63, 3.8) is 0 Å². The molecule has 1 aromatic heterocycles. The summed E-state index contributed by atoms with van der Waals surface area (Å²) in [5.41, 5.74) is 6.82. The van der Waals surface area contributed by atoms with Gasteiger partial charge in [0.05, 0.1) is 0 Å². The van der Waals surface area contributed by atoms with Gasteiger partial charge in [-0.2, -0.15) is 0 Å². The number of benzene rings is 3. The number of rotatable bonds is 8. The van der Waals surface area contributed by atoms with Gasteiger partial charge < -0.3 is 9.88 Å². The number of aromatic nitrogens is 1. The second-order valence-electron chi connectivity index (χ2n) is 8.03. The molecule has 0 aliphatic heterocycles. The highest BCUT2D eigenvalue weighted by Crippen LogP contribution is 2.23. The van der Waals surface area contributed by atoms with Crippen molar-refractivity contribution in [3.05, 3.63) is 107 Å². The predicted molar refractivity (Wildman–Crippen MR) is 123 cm³/mol. The predicted octanol–water partition coefficient (Wildman–Crippen LogP) is 6.11. The van der Waals surface area contributed by atoms with Crippen LogP contribution < -0.4 is 5.32 Å². The summed E-state index contributed by atoms with van der Waals surface area (Å²) in [6.07, 6.45) is 4.59. The molecule has 0 aliphatic rings. The van der Waals surface area contributed by atoms with Crippen LogP contribution in [0.2, 0.25) is 0 Å². The van der Waals surface area contributed by atoms with Crippen molar-refractivity contribution >= 4 is 10.9 Å². The lowest BCUT2D eigenvalue weighted by Gasteiger charge is -2.13. The van der Waals surface area contributed by atoms with E-state index in [0.717, 1.165) is 25.9 Å². The fourth-order valence-electron chi connectivity index (χ4n) is 3.98. The normalized spacial score (nSPS) is 12.3. The first-order valence-electron chi connectivity index (χ1n) is 10.6. The largest absolute Gasteiger partial charge is 0.343 e. The Morgan fingerprint density at radius 2 is 1.55 bits per heavy atom. The Morgan fingerprint density at radius 3 is 2.38 bits per heavy atom. The Morgan fingerprint density at radius 1 is 0.828 bits per heavy atom. The highest BCUT2D eigenvalue weighted by molar-refractivity contribution is 5.84. The molecule has 4 aromatic rings. The zero-order valence-electron chi connectivity index (χ0n) is 17.4. The molecule has 4 rings (SSSR count). The maximum Gasteiger partial charge on any atom is 0.0486 e. The standard InChI is InChI=1S/C27H30N2/c1-21-10-6-7-13-24(21)19-29-20-25(26-14-8-9-15-27(26)29)18-28-22(2)16-17-23-11-4-3-5-12-23/h3-15,20,22,28H,16-19H2,1-2H3/t22-/m1/s1. The van der Waals surface area contributed by atoms with E-state index in [1.165, 1.54) is 33.2 Å². The molecule has 0 unspecified atom stereocenters. The monoisotopic (exact) mass is 382 g/mol. The van der Waals surface area contributed by atoms with Crippen molar-refractivity contribution in [2.75, 3.05) is 0 Å². The molecule has 0 saturated heterocycles. The van der Waals surface area contributed by atoms with Crippen LogP contribution in [0.1, 0.15) is 35.6 Å². The Bertz CT molecular complexity index is 1060. The zero-order chi connectivity index (χ0) is 20.1. The molecule has 1 N–H and O–H groups in total. The van der Waals surface area contributed by atoms with E-state index >= 15 is 0 Å². The first kappa shape index (κ1) is 19.5. The second kappa shape index (κ2) is 9.11. The van der Waals surface area contributed by atoms with Crippen LogP contribution in [0.4, 0.5) is 0 Å². The quantitative estimate of drug-likeness (QED) is 0.389. The third-order valence-corrected chi connectivity index (χ3v) is 5.82. The van der Waals surface area contributed by atoms with Crippen LogP contribution in [-0.2, 0) is 19.5 Å². The van der Waals surface area contributed by atoms with Gasteiger partial charge in [-0.05, 0) is 55.0 Å². The number of aryl methyl sites for hydroxylation is 2. The van der Waals surface area contributed by atoms with Crippen molar-refractivity contribution in [2.24, 2.45) is 0 Å². The number of nitrogens with zero attached hydrogens (tertiary/aromatic N) is 1. The van der Waals surface area contributed by atoms with E-state index in [2.05, 4.69) is 109 Å². The van der Waals surface area contributed by atoms with E-state index < -0.39 is 0 Å². The molecule has 2 heteroatoms. The van der Waals surface area contributed by atoms with Gasteiger partial charge in [-0.1, -0.05) is 72.8 Å². The van der Waals surface area contributed by atoms with Crippen molar-refractivity contribution in [1.29, 1.82) is 0 Å². The molecule has 0 saturated carbocycles. The van der Waals surface area contributed by atoms with Gasteiger partial charge in [0.15, 0.2) is 0 Å².